The first-order valence-electron chi connectivity index (χ1n) is 12.1. The molecule has 2 atom stereocenters. The molecule has 184 valence electrons. The molecule has 0 fully saturated rings. The number of nitrogens with zero attached hydrogens (tertiary/aromatic N) is 1. The zero-order valence-corrected chi connectivity index (χ0v) is 20.1. The number of nitrogens with two attached hydrogens (primary N) is 1. The number of benzene rings is 2. The van der Waals surface area contributed by atoms with Crippen LogP contribution in [0.3, 0.4) is 0 Å². The average Bonchev–Trinajstić information content (AvgIpc) is 3.42. The van der Waals surface area contributed by atoms with Gasteiger partial charge < -0.3 is 21.7 Å². The van der Waals surface area contributed by atoms with Crippen molar-refractivity contribution in [2.75, 3.05) is 31.6 Å². The quantitative estimate of drug-likeness (QED) is 0.329. The van der Waals surface area contributed by atoms with E-state index in [0.29, 0.717) is 42.3 Å². The third-order valence-electron chi connectivity index (χ3n) is 6.61. The maximum absolute atomic E-state index is 13.9. The summed E-state index contributed by atoms with van der Waals surface area (Å²) >= 11 is 0. The lowest BCUT2D eigenvalue weighted by Gasteiger charge is -2.18. The highest BCUT2D eigenvalue weighted by molar-refractivity contribution is 6.33. The SMILES string of the molecule is CCC1C=C(C(=O)NCCN(CC)CN)NC1/C=C1\C(=O)Nc2cccc(-c3cccc(F)c3)c21. The molecule has 7 nitrogen and oxygen atoms in total. The second-order valence-corrected chi connectivity index (χ2v) is 8.74. The predicted octanol–water partition coefficient (Wildman–Crippen LogP) is 3.06. The Bertz CT molecular complexity index is 1170. The first-order chi connectivity index (χ1) is 16.9. The molecule has 2 amide bonds. The van der Waals surface area contributed by atoms with Gasteiger partial charge in [0.25, 0.3) is 11.8 Å². The molecule has 35 heavy (non-hydrogen) atoms. The average molecular weight is 478 g/mol. The van der Waals surface area contributed by atoms with Crippen molar-refractivity contribution in [2.24, 2.45) is 11.7 Å². The van der Waals surface area contributed by atoms with Crippen molar-refractivity contribution in [1.29, 1.82) is 0 Å². The molecule has 2 aliphatic heterocycles. The Kier molecular flexibility index (Phi) is 7.63. The van der Waals surface area contributed by atoms with Gasteiger partial charge in [-0.1, -0.05) is 44.2 Å². The Morgan fingerprint density at radius 3 is 2.74 bits per heavy atom. The summed E-state index contributed by atoms with van der Waals surface area (Å²) < 4.78 is 13.9. The van der Waals surface area contributed by atoms with Crippen LogP contribution >= 0.6 is 0 Å². The van der Waals surface area contributed by atoms with E-state index < -0.39 is 0 Å². The molecule has 2 aromatic carbocycles. The molecule has 0 aliphatic carbocycles. The maximum atomic E-state index is 13.9. The molecule has 4 rings (SSSR count). The second kappa shape index (κ2) is 10.8. The number of carbonyl (C=O) groups is 2. The van der Waals surface area contributed by atoms with Gasteiger partial charge in [0.05, 0.1) is 11.7 Å². The summed E-state index contributed by atoms with van der Waals surface area (Å²) in [6, 6.07) is 11.7. The second-order valence-electron chi connectivity index (χ2n) is 8.74. The van der Waals surface area contributed by atoms with E-state index >= 15 is 0 Å². The molecule has 2 aliphatic rings. The first kappa shape index (κ1) is 24.6. The van der Waals surface area contributed by atoms with E-state index in [1.54, 1.807) is 6.07 Å². The van der Waals surface area contributed by atoms with Crippen LogP contribution in [0.4, 0.5) is 10.1 Å². The number of nitrogens with one attached hydrogen (secondary N) is 3. The van der Waals surface area contributed by atoms with Crippen LogP contribution in [-0.4, -0.2) is 49.1 Å². The van der Waals surface area contributed by atoms with E-state index in [2.05, 4.69) is 22.9 Å². The number of amides is 2. The number of anilines is 1. The number of hydrogen-bond acceptors (Lipinski definition) is 5. The van der Waals surface area contributed by atoms with Crippen LogP contribution < -0.4 is 21.7 Å². The number of halogens is 1. The fourth-order valence-corrected chi connectivity index (χ4v) is 4.62. The Hall–Kier alpha value is -3.49. The van der Waals surface area contributed by atoms with Gasteiger partial charge in [-0.25, -0.2) is 4.39 Å². The van der Waals surface area contributed by atoms with Crippen molar-refractivity contribution >= 4 is 23.1 Å². The Balaban J connectivity index is 1.56. The van der Waals surface area contributed by atoms with Crippen LogP contribution in [0.5, 0.6) is 0 Å². The van der Waals surface area contributed by atoms with Crippen LogP contribution in [-0.2, 0) is 9.59 Å². The van der Waals surface area contributed by atoms with Gasteiger partial charge >= 0.3 is 0 Å². The molecule has 0 aromatic heterocycles. The molecule has 2 aromatic rings. The lowest BCUT2D eigenvalue weighted by molar-refractivity contribution is -0.117. The van der Waals surface area contributed by atoms with Gasteiger partial charge in [-0.05, 0) is 48.4 Å². The van der Waals surface area contributed by atoms with Gasteiger partial charge in [0.2, 0.25) is 0 Å². The molecule has 0 bridgehead atoms. The Morgan fingerprint density at radius 1 is 1.23 bits per heavy atom. The number of hydrogen-bond donors (Lipinski definition) is 4. The molecule has 0 radical (unpaired) electrons. The normalized spacial score (nSPS) is 20.0. The monoisotopic (exact) mass is 477 g/mol. The molecule has 8 heteroatoms. The zero-order valence-electron chi connectivity index (χ0n) is 20.1. The van der Waals surface area contributed by atoms with Crippen molar-refractivity contribution in [3.63, 3.8) is 0 Å². The van der Waals surface area contributed by atoms with Gasteiger partial charge in [-0.2, -0.15) is 0 Å². The molecule has 2 heterocycles. The molecule has 2 unspecified atom stereocenters. The van der Waals surface area contributed by atoms with Gasteiger partial charge in [0, 0.05) is 42.5 Å². The van der Waals surface area contributed by atoms with Crippen molar-refractivity contribution in [3.05, 3.63) is 71.7 Å². The van der Waals surface area contributed by atoms with E-state index in [9.17, 15) is 14.0 Å². The Labute approximate surface area is 205 Å². The molecule has 0 spiro atoms. The number of carbonyl (C=O) groups excluding carboxylic acids is 2. The summed E-state index contributed by atoms with van der Waals surface area (Å²) in [5, 5.41) is 9.16. The van der Waals surface area contributed by atoms with E-state index in [1.807, 2.05) is 48.2 Å². The standard InChI is InChI=1S/C27H32FN5O2/c1-3-17-14-24(27(35)30-11-12-33(4-2)16-29)31-23(17)15-21-25-20(18-7-5-8-19(28)13-18)9-6-10-22(25)32-26(21)34/h5-10,13-15,17,23,31H,3-4,11-12,16,29H2,1-2H3,(H,30,35)(H,32,34)/b21-15-. The molecule has 0 saturated carbocycles. The van der Waals surface area contributed by atoms with Crippen molar-refractivity contribution in [2.45, 2.75) is 26.3 Å². The number of fused-ring (bicyclic) bond motifs is 1. The van der Waals surface area contributed by atoms with Crippen LogP contribution in [0.1, 0.15) is 25.8 Å². The summed E-state index contributed by atoms with van der Waals surface area (Å²) in [7, 11) is 0. The summed E-state index contributed by atoms with van der Waals surface area (Å²) in [5.41, 5.74) is 9.64. The van der Waals surface area contributed by atoms with Gasteiger partial charge in [0.1, 0.15) is 5.82 Å². The summed E-state index contributed by atoms with van der Waals surface area (Å²) in [5.74, 6) is -0.661. The topological polar surface area (TPSA) is 99.5 Å². The summed E-state index contributed by atoms with van der Waals surface area (Å²) in [4.78, 5) is 27.7. The van der Waals surface area contributed by atoms with Crippen LogP contribution in [0.25, 0.3) is 16.7 Å². The highest BCUT2D eigenvalue weighted by Gasteiger charge is 2.32. The lowest BCUT2D eigenvalue weighted by atomic mass is 9.91. The Morgan fingerprint density at radius 2 is 2.03 bits per heavy atom. The van der Waals surface area contributed by atoms with E-state index in [1.165, 1.54) is 12.1 Å². The van der Waals surface area contributed by atoms with Crippen LogP contribution in [0, 0.1) is 11.7 Å². The van der Waals surface area contributed by atoms with Crippen molar-refractivity contribution < 1.29 is 14.0 Å². The van der Waals surface area contributed by atoms with Crippen LogP contribution in [0.15, 0.2) is 60.3 Å². The van der Waals surface area contributed by atoms with Crippen molar-refractivity contribution in [1.82, 2.24) is 15.5 Å². The predicted molar refractivity (Wildman–Crippen MR) is 137 cm³/mol. The lowest BCUT2D eigenvalue weighted by Crippen LogP contribution is -2.40. The molecule has 5 N–H and O–H groups in total. The number of likely N-dealkylation sites (N-methyl/N-ethyl adjacent to an activating group) is 1. The fraction of sp³-hybridized carbons (Fsp3) is 0.333. The zero-order chi connectivity index (χ0) is 24.9. The highest BCUT2D eigenvalue weighted by Crippen LogP contribution is 2.40. The largest absolute Gasteiger partial charge is 0.374 e. The minimum Gasteiger partial charge on any atom is -0.374 e. The van der Waals surface area contributed by atoms with E-state index in [-0.39, 0.29) is 29.6 Å². The minimum atomic E-state index is -0.334. The third-order valence-corrected chi connectivity index (χ3v) is 6.61. The fourth-order valence-electron chi connectivity index (χ4n) is 4.62. The molecular weight excluding hydrogens is 445 g/mol. The molecular formula is C27H32FN5O2. The van der Waals surface area contributed by atoms with Crippen LogP contribution in [0.2, 0.25) is 0 Å². The number of rotatable bonds is 9. The summed E-state index contributed by atoms with van der Waals surface area (Å²) in [6.45, 7) is 6.52. The highest BCUT2D eigenvalue weighted by atomic mass is 19.1. The van der Waals surface area contributed by atoms with E-state index in [4.69, 9.17) is 5.73 Å². The van der Waals surface area contributed by atoms with Gasteiger partial charge in [0.15, 0.2) is 0 Å². The maximum Gasteiger partial charge on any atom is 0.267 e. The smallest absolute Gasteiger partial charge is 0.267 e. The molecule has 0 saturated heterocycles. The van der Waals surface area contributed by atoms with Gasteiger partial charge in [-0.3, -0.25) is 14.5 Å². The van der Waals surface area contributed by atoms with E-state index in [0.717, 1.165) is 24.1 Å². The summed E-state index contributed by atoms with van der Waals surface area (Å²) in [6.07, 6.45) is 4.63. The third kappa shape index (κ3) is 5.28. The van der Waals surface area contributed by atoms with Gasteiger partial charge in [-0.15, -0.1) is 0 Å². The first-order valence-corrected chi connectivity index (χ1v) is 12.1. The minimum absolute atomic E-state index is 0.0533. The van der Waals surface area contributed by atoms with Crippen molar-refractivity contribution in [3.8, 4) is 11.1 Å².